The number of esters is 1. The first-order chi connectivity index (χ1) is 41.5. The van der Waals surface area contributed by atoms with Crippen LogP contribution in [0.5, 0.6) is 0 Å². The van der Waals surface area contributed by atoms with Gasteiger partial charge in [0.15, 0.2) is 37.6 Å². The lowest BCUT2D eigenvalue weighted by Crippen LogP contribution is -2.54. The van der Waals surface area contributed by atoms with Crippen molar-refractivity contribution in [3.8, 4) is 0 Å². The molecule has 3 saturated heterocycles. The Morgan fingerprint density at radius 2 is 1.06 bits per heavy atom. The average Bonchev–Trinajstić information content (AvgIpc) is 1.62. The van der Waals surface area contributed by atoms with Crippen molar-refractivity contribution in [1.82, 2.24) is 28.7 Å². The van der Waals surface area contributed by atoms with E-state index in [9.17, 15) is 29.1 Å². The van der Waals surface area contributed by atoms with Gasteiger partial charge in [0, 0.05) is 18.6 Å². The molecular weight excluding hydrogens is 1120 g/mol. The predicted octanol–water partition coefficient (Wildman–Crippen LogP) is 7.25. The number of aliphatic hydroxyl groups excluding tert-OH is 2. The lowest BCUT2D eigenvalue weighted by Gasteiger charge is -2.57. The van der Waals surface area contributed by atoms with Crippen molar-refractivity contribution in [3.63, 3.8) is 0 Å². The number of hydrogen-bond donors (Lipinski definition) is 5. The molecular formula is C64H89N9O14. The molecule has 0 radical (unpaired) electrons. The van der Waals surface area contributed by atoms with Crippen molar-refractivity contribution in [2.75, 3.05) is 56.4 Å². The lowest BCUT2D eigenvalue weighted by molar-refractivity contribution is -0.181. The summed E-state index contributed by atoms with van der Waals surface area (Å²) in [6.45, 7) is 18.1. The van der Waals surface area contributed by atoms with Gasteiger partial charge in [-0.15, -0.1) is 0 Å². The van der Waals surface area contributed by atoms with Crippen LogP contribution in [0.15, 0.2) is 97.8 Å². The van der Waals surface area contributed by atoms with Crippen LogP contribution in [0.1, 0.15) is 151 Å². The number of nitrogens with zero attached hydrogens (tertiary/aromatic N) is 6. The molecule has 0 unspecified atom stereocenters. The van der Waals surface area contributed by atoms with Gasteiger partial charge in [0.05, 0.1) is 43.9 Å². The van der Waals surface area contributed by atoms with Crippen molar-refractivity contribution in [3.05, 3.63) is 115 Å². The van der Waals surface area contributed by atoms with Gasteiger partial charge in [0.1, 0.15) is 24.1 Å². The Morgan fingerprint density at radius 3 is 1.49 bits per heavy atom. The van der Waals surface area contributed by atoms with E-state index in [4.69, 9.17) is 49.7 Å². The van der Waals surface area contributed by atoms with Gasteiger partial charge >= 0.3 is 23.0 Å². The maximum absolute atomic E-state index is 13.8. The quantitative estimate of drug-likeness (QED) is 0.112. The van der Waals surface area contributed by atoms with E-state index in [2.05, 4.69) is 100.0 Å². The zero-order valence-electron chi connectivity index (χ0n) is 51.6. The molecule has 6 aliphatic carbocycles. The van der Waals surface area contributed by atoms with Crippen LogP contribution in [0.4, 0.5) is 17.5 Å². The minimum atomic E-state index is -0.747. The van der Waals surface area contributed by atoms with E-state index in [0.717, 1.165) is 70.6 Å². The highest BCUT2D eigenvalue weighted by Crippen LogP contribution is 2.64. The van der Waals surface area contributed by atoms with Gasteiger partial charge in [-0.05, 0) is 147 Å². The van der Waals surface area contributed by atoms with Crippen LogP contribution in [0.25, 0.3) is 0 Å². The van der Waals surface area contributed by atoms with Gasteiger partial charge in [-0.25, -0.2) is 14.4 Å². The van der Waals surface area contributed by atoms with Crippen LogP contribution in [0, 0.1) is 57.2 Å². The molecule has 3 aromatic rings. The number of nitrogens with two attached hydrogens (primary N) is 2. The number of fused-ring (bicyclic) bond motifs is 6. The minimum Gasteiger partial charge on any atom is -0.460 e. The zero-order chi connectivity index (χ0) is 62.2. The third-order valence-electron chi connectivity index (χ3n) is 20.7. The Bertz CT molecular complexity index is 3340. The molecule has 23 heteroatoms. The van der Waals surface area contributed by atoms with Crippen LogP contribution in [0.3, 0.4) is 0 Å². The Morgan fingerprint density at radius 1 is 0.632 bits per heavy atom. The normalized spacial score (nSPS) is 34.3. The molecule has 2 saturated carbocycles. The van der Waals surface area contributed by atoms with E-state index >= 15 is 0 Å². The number of amides is 1. The summed E-state index contributed by atoms with van der Waals surface area (Å²) >= 11 is 0. The largest absolute Gasteiger partial charge is 0.460 e. The van der Waals surface area contributed by atoms with Gasteiger partial charge < -0.3 is 60.2 Å². The van der Waals surface area contributed by atoms with Gasteiger partial charge in [-0.3, -0.25) is 23.3 Å². The molecule has 474 valence electrons. The minimum absolute atomic E-state index is 0.00346. The number of rotatable bonds is 12. The first-order valence-electron chi connectivity index (χ1n) is 31.1. The monoisotopic (exact) mass is 1210 g/mol. The molecule has 9 aliphatic rings. The van der Waals surface area contributed by atoms with Gasteiger partial charge in [0.25, 0.3) is 0 Å². The van der Waals surface area contributed by atoms with Gasteiger partial charge in [-0.1, -0.05) is 96.8 Å². The Kier molecular flexibility index (Phi) is 19.2. The van der Waals surface area contributed by atoms with Gasteiger partial charge in [0.2, 0.25) is 5.91 Å². The maximum Gasteiger partial charge on any atom is 0.351 e. The zero-order valence-corrected chi connectivity index (χ0v) is 51.6. The molecule has 0 spiro atoms. The summed E-state index contributed by atoms with van der Waals surface area (Å²) in [5.74, 6) is 2.96. The van der Waals surface area contributed by atoms with Gasteiger partial charge in [-0.2, -0.15) is 15.0 Å². The fourth-order valence-electron chi connectivity index (χ4n) is 15.8. The average molecular weight is 1210 g/mol. The number of anilines is 3. The van der Waals surface area contributed by atoms with E-state index < -0.39 is 65.5 Å². The van der Waals surface area contributed by atoms with Crippen LogP contribution in [0.2, 0.25) is 0 Å². The highest BCUT2D eigenvalue weighted by Gasteiger charge is 2.59. The molecule has 3 aromatic heterocycles. The van der Waals surface area contributed by atoms with E-state index in [-0.39, 0.29) is 91.6 Å². The number of ether oxygens (including phenoxy) is 7. The van der Waals surface area contributed by atoms with E-state index in [1.54, 1.807) is 17.8 Å². The fourth-order valence-corrected chi connectivity index (χ4v) is 15.8. The molecule has 6 heterocycles. The van der Waals surface area contributed by atoms with Crippen LogP contribution >= 0.6 is 0 Å². The number of carbonyl (C=O) groups excluding carboxylic acids is 2. The summed E-state index contributed by atoms with van der Waals surface area (Å²) in [6, 6.07) is 4.66. The predicted molar refractivity (Wildman–Crippen MR) is 321 cm³/mol. The summed E-state index contributed by atoms with van der Waals surface area (Å²) in [4.78, 5) is 74.9. The summed E-state index contributed by atoms with van der Waals surface area (Å²) in [7, 11) is 0. The second-order valence-corrected chi connectivity index (χ2v) is 26.5. The van der Waals surface area contributed by atoms with Crippen LogP contribution in [-0.2, 0) is 42.7 Å². The SMILES string of the molecule is CC(C)C1=CC2=CC[C@H]3[C@](C)(CCC[C@@]3(C)C(=O)Nc3ccn([C@@H]4CO[C@H](CO)O4)c(=O)n3)[C@H]2CC1.CC(C)C1=CC2=CC[C@H]3[C@](C)(CCC[C@@]3(C)C(=O)OC[C@H]3OC[C@@H](n4ccc(N)nc4=O)O3)[C@H]2CC1.Nc1ccn([C@@H]2CO[C@H](CO)O2)c(=O)n1. The number of carbonyl (C=O) groups is 2. The Labute approximate surface area is 507 Å². The summed E-state index contributed by atoms with van der Waals surface area (Å²) < 4.78 is 42.3. The second-order valence-electron chi connectivity index (χ2n) is 26.5. The van der Waals surface area contributed by atoms with Crippen molar-refractivity contribution in [1.29, 1.82) is 0 Å². The number of allylic oxidation sites excluding steroid dienone is 8. The molecule has 1 amide bonds. The summed E-state index contributed by atoms with van der Waals surface area (Å²) in [6.07, 6.45) is 22.6. The Hall–Kier alpha value is -6.18. The van der Waals surface area contributed by atoms with Crippen LogP contribution in [-0.4, -0.2) is 109 Å². The molecule has 23 nitrogen and oxygen atoms in total. The standard InChI is InChI=1S/2C28H39N3O5.C8H11N3O4/c1-17(2)18-6-8-20-19(14-18)7-9-21-27(20,3)11-5-12-28(21,4)25(33)29-22-10-13-31(26(34)30-22)23-16-35-24(15-32)36-23;1-17(2)18-6-8-20-19(14-18)7-9-21-27(20,3)11-5-12-28(21,4)25(32)35-16-24-34-15-23(36-24)31-13-10-22(29)30-26(31)33;9-5-1-2-11(8(13)10-5)6-4-14-7(3-12)15-6/h7,10,13-14,17,20-21,23-24,32H,5-6,8-9,11-12,15-16H2,1-4H3,(H,29,30,33,34);7,10,13-14,17,20-21,23-24H,5-6,8-9,11-12,15-16H2,1-4H3,(H2,29,30,33);1-2,6-7,12H,3-4H2,(H2,9,10,13)/t2*20-,21-,23-,24-,27+,28+;6-,7-/m000/s1. The smallest absolute Gasteiger partial charge is 0.351 e. The molecule has 0 bridgehead atoms. The summed E-state index contributed by atoms with van der Waals surface area (Å²) in [5, 5.41) is 20.9. The molecule has 12 rings (SSSR count). The molecule has 3 aliphatic heterocycles. The van der Waals surface area contributed by atoms with Crippen LogP contribution < -0.4 is 33.9 Å². The number of nitrogen functional groups attached to an aromatic ring is 2. The highest BCUT2D eigenvalue weighted by atomic mass is 16.8. The first-order valence-corrected chi connectivity index (χ1v) is 31.1. The number of aromatic nitrogens is 6. The van der Waals surface area contributed by atoms with E-state index in [0.29, 0.717) is 23.7 Å². The molecule has 7 N–H and O–H groups in total. The Balaban J connectivity index is 0.000000156. The molecule has 0 aromatic carbocycles. The summed E-state index contributed by atoms with van der Waals surface area (Å²) in [5.41, 5.74) is 14.5. The van der Waals surface area contributed by atoms with Crippen molar-refractivity contribution < 1.29 is 53.0 Å². The first kappa shape index (κ1) is 63.8. The number of hydrogen-bond acceptors (Lipinski definition) is 19. The van der Waals surface area contributed by atoms with Crippen molar-refractivity contribution in [2.45, 2.75) is 170 Å². The van der Waals surface area contributed by atoms with E-state index in [1.165, 1.54) is 61.4 Å². The number of nitrogens with one attached hydrogen (secondary N) is 1. The van der Waals surface area contributed by atoms with Crippen molar-refractivity contribution in [2.24, 2.45) is 57.2 Å². The topological polar surface area (TPSA) is 308 Å². The van der Waals surface area contributed by atoms with Crippen molar-refractivity contribution >= 4 is 29.3 Å². The second kappa shape index (κ2) is 26.1. The molecule has 87 heavy (non-hydrogen) atoms. The third kappa shape index (κ3) is 13.0. The van der Waals surface area contributed by atoms with E-state index in [1.807, 2.05) is 0 Å². The third-order valence-corrected chi connectivity index (χ3v) is 20.7. The lowest BCUT2D eigenvalue weighted by atomic mass is 9.46. The fraction of sp³-hybridized carbons (Fsp3) is 0.656. The molecule has 14 atom stereocenters. The maximum atomic E-state index is 13.8. The number of aliphatic hydroxyl groups is 2. The highest BCUT2D eigenvalue weighted by molar-refractivity contribution is 5.94. The molecule has 5 fully saturated rings.